The lowest BCUT2D eigenvalue weighted by Crippen LogP contribution is -2.41. The van der Waals surface area contributed by atoms with Gasteiger partial charge in [-0.05, 0) is 59.9 Å². The Balaban J connectivity index is 1.71. The van der Waals surface area contributed by atoms with Crippen molar-refractivity contribution < 1.29 is 22.7 Å². The summed E-state index contributed by atoms with van der Waals surface area (Å²) in [6.07, 6.45) is 3.64. The highest BCUT2D eigenvalue weighted by atomic mass is 35.5. The predicted octanol–water partition coefficient (Wildman–Crippen LogP) is 7.15. The number of furan rings is 1. The van der Waals surface area contributed by atoms with E-state index in [2.05, 4.69) is 13.8 Å². The third-order valence-corrected chi connectivity index (χ3v) is 9.36. The average molecular weight is 565 g/mol. The first-order valence-electron chi connectivity index (χ1n) is 12.6. The van der Waals surface area contributed by atoms with Gasteiger partial charge in [-0.15, -0.1) is 0 Å². The van der Waals surface area contributed by atoms with E-state index < -0.39 is 16.0 Å². The number of carboxylic acid groups (broad SMARTS) is 1. The molecule has 0 saturated carbocycles. The van der Waals surface area contributed by atoms with Crippen molar-refractivity contribution in [3.05, 3.63) is 89.8 Å². The van der Waals surface area contributed by atoms with Gasteiger partial charge in [0, 0.05) is 36.4 Å². The molecule has 9 heteroatoms. The number of benzene rings is 3. The highest BCUT2D eigenvalue weighted by molar-refractivity contribution is 7.89. The molecule has 2 heterocycles. The summed E-state index contributed by atoms with van der Waals surface area (Å²) in [4.78, 5) is 14.3. The van der Waals surface area contributed by atoms with Crippen LogP contribution in [0, 0.1) is 5.92 Å². The molecule has 202 valence electrons. The molecule has 39 heavy (non-hydrogen) atoms. The van der Waals surface area contributed by atoms with Gasteiger partial charge in [-0.1, -0.05) is 55.8 Å². The van der Waals surface area contributed by atoms with Gasteiger partial charge in [-0.3, -0.25) is 0 Å². The number of likely N-dealkylation sites (N-methyl/N-ethyl adjacent to an activating group) is 1. The molecule has 1 aliphatic rings. The monoisotopic (exact) mass is 564 g/mol. The molecule has 0 amide bonds. The van der Waals surface area contributed by atoms with E-state index in [9.17, 15) is 18.3 Å². The van der Waals surface area contributed by atoms with Gasteiger partial charge < -0.3 is 14.4 Å². The van der Waals surface area contributed by atoms with E-state index in [4.69, 9.17) is 16.0 Å². The van der Waals surface area contributed by atoms with Crippen LogP contribution in [0.5, 0.6) is 0 Å². The van der Waals surface area contributed by atoms with E-state index in [1.165, 1.54) is 22.9 Å². The minimum Gasteiger partial charge on any atom is -0.478 e. The fourth-order valence-electron chi connectivity index (χ4n) is 5.13. The molecule has 4 aromatic rings. The second-order valence-corrected chi connectivity index (χ2v) is 12.5. The van der Waals surface area contributed by atoms with Crippen molar-refractivity contribution in [3.63, 3.8) is 0 Å². The first kappa shape index (κ1) is 27.0. The van der Waals surface area contributed by atoms with Crippen LogP contribution >= 0.6 is 11.6 Å². The molecule has 7 nitrogen and oxygen atoms in total. The largest absolute Gasteiger partial charge is 0.478 e. The minimum absolute atomic E-state index is 0.0581. The quantitative estimate of drug-likeness (QED) is 0.267. The van der Waals surface area contributed by atoms with E-state index in [-0.39, 0.29) is 22.4 Å². The number of halogens is 1. The Morgan fingerprint density at radius 2 is 1.79 bits per heavy atom. The van der Waals surface area contributed by atoms with Crippen molar-refractivity contribution in [2.45, 2.75) is 31.2 Å². The first-order chi connectivity index (χ1) is 18.6. The number of hydrogen-bond donors (Lipinski definition) is 1. The molecule has 0 spiro atoms. The Kier molecular flexibility index (Phi) is 7.29. The van der Waals surface area contributed by atoms with E-state index in [0.717, 1.165) is 5.69 Å². The molecule has 0 aliphatic carbocycles. The maximum absolute atomic E-state index is 14.0. The SMILES string of the molecule is CC(C)C[C@@H]1CN(c2ccccc2)c2cc(Cl)c(-c3ccc(-c4ccoc4)c(C(=O)O)c3)cc2S(=O)(=O)N1C. The molecule has 1 aliphatic heterocycles. The first-order valence-corrected chi connectivity index (χ1v) is 14.4. The van der Waals surface area contributed by atoms with Gasteiger partial charge in [-0.25, -0.2) is 13.2 Å². The molecule has 1 atom stereocenters. The van der Waals surface area contributed by atoms with E-state index in [0.29, 0.717) is 45.9 Å². The lowest BCUT2D eigenvalue weighted by atomic mass is 9.96. The highest BCUT2D eigenvalue weighted by Crippen LogP contribution is 2.43. The van der Waals surface area contributed by atoms with Crippen molar-refractivity contribution in [2.24, 2.45) is 5.92 Å². The van der Waals surface area contributed by atoms with Crippen molar-refractivity contribution in [2.75, 3.05) is 18.5 Å². The Labute approximate surface area is 233 Å². The summed E-state index contributed by atoms with van der Waals surface area (Å²) in [5.74, 6) is -0.827. The van der Waals surface area contributed by atoms with Crippen molar-refractivity contribution in [1.29, 1.82) is 0 Å². The van der Waals surface area contributed by atoms with Crippen LogP contribution in [0.15, 0.2) is 88.6 Å². The standard InChI is InChI=1S/C30H29ClN2O5S/c1-19(2)13-23-17-33(22-7-5-4-6-8-22)28-16-27(31)25(15-29(28)39(36,37)32(23)3)20-9-10-24(21-11-12-38-18-21)26(14-20)30(34)35/h4-12,14-16,18-19,23H,13,17H2,1-3H3,(H,34,35)/t23-/m1/s1. The average Bonchev–Trinajstić information content (AvgIpc) is 3.43. The van der Waals surface area contributed by atoms with Gasteiger partial charge in [0.05, 0.1) is 28.8 Å². The van der Waals surface area contributed by atoms with Crippen LogP contribution in [0.1, 0.15) is 30.6 Å². The number of carbonyl (C=O) groups is 1. The maximum atomic E-state index is 14.0. The van der Waals surface area contributed by atoms with Crippen LogP contribution in [0.4, 0.5) is 11.4 Å². The zero-order chi connectivity index (χ0) is 27.9. The van der Waals surface area contributed by atoms with Crippen LogP contribution < -0.4 is 4.90 Å². The zero-order valence-electron chi connectivity index (χ0n) is 21.8. The van der Waals surface area contributed by atoms with Crippen molar-refractivity contribution in [3.8, 4) is 22.3 Å². The summed E-state index contributed by atoms with van der Waals surface area (Å²) >= 11 is 6.83. The van der Waals surface area contributed by atoms with Gasteiger partial charge in [0.1, 0.15) is 4.90 Å². The second kappa shape index (κ2) is 10.5. The minimum atomic E-state index is -3.91. The van der Waals surface area contributed by atoms with Crippen molar-refractivity contribution in [1.82, 2.24) is 4.31 Å². The van der Waals surface area contributed by atoms with Crippen LogP contribution in [-0.4, -0.2) is 43.4 Å². The number of anilines is 2. The lowest BCUT2D eigenvalue weighted by molar-refractivity contribution is 0.0697. The van der Waals surface area contributed by atoms with Gasteiger partial charge in [0.15, 0.2) is 0 Å². The summed E-state index contributed by atoms with van der Waals surface area (Å²) in [5, 5.41) is 10.3. The molecular formula is C30H29ClN2O5S. The molecule has 1 aromatic heterocycles. The summed E-state index contributed by atoms with van der Waals surface area (Å²) in [5.41, 5.74) is 3.46. The number of carboxylic acids is 1. The smallest absolute Gasteiger partial charge is 0.336 e. The second-order valence-electron chi connectivity index (χ2n) is 10.1. The summed E-state index contributed by atoms with van der Waals surface area (Å²) in [7, 11) is -2.28. The predicted molar refractivity (Wildman–Crippen MR) is 153 cm³/mol. The topological polar surface area (TPSA) is 91.1 Å². The summed E-state index contributed by atoms with van der Waals surface area (Å²) in [6, 6.07) is 19.2. The molecule has 0 fully saturated rings. The fourth-order valence-corrected chi connectivity index (χ4v) is 6.96. The van der Waals surface area contributed by atoms with Gasteiger partial charge in [0.2, 0.25) is 10.0 Å². The molecule has 0 unspecified atom stereocenters. The Bertz CT molecular complexity index is 1620. The van der Waals surface area contributed by atoms with Crippen LogP contribution in [0.3, 0.4) is 0 Å². The maximum Gasteiger partial charge on any atom is 0.336 e. The van der Waals surface area contributed by atoms with Gasteiger partial charge in [-0.2, -0.15) is 4.31 Å². The Morgan fingerprint density at radius 1 is 1.05 bits per heavy atom. The molecule has 0 saturated heterocycles. The number of sulfonamides is 1. The number of nitrogens with zero attached hydrogens (tertiary/aromatic N) is 2. The fraction of sp³-hybridized carbons (Fsp3) is 0.233. The van der Waals surface area contributed by atoms with E-state index in [1.54, 1.807) is 37.4 Å². The third-order valence-electron chi connectivity index (χ3n) is 7.11. The van der Waals surface area contributed by atoms with Crippen LogP contribution in [0.25, 0.3) is 22.3 Å². The van der Waals surface area contributed by atoms with Crippen LogP contribution in [-0.2, 0) is 10.0 Å². The lowest BCUT2D eigenvalue weighted by Gasteiger charge is -2.30. The molecule has 3 aromatic carbocycles. The van der Waals surface area contributed by atoms with Crippen LogP contribution in [0.2, 0.25) is 5.02 Å². The van der Waals surface area contributed by atoms with E-state index in [1.807, 2.05) is 35.2 Å². The number of hydrogen-bond acceptors (Lipinski definition) is 5. The molecule has 5 rings (SSSR count). The number of rotatable bonds is 6. The van der Waals surface area contributed by atoms with Gasteiger partial charge >= 0.3 is 5.97 Å². The summed E-state index contributed by atoms with van der Waals surface area (Å²) < 4.78 is 34.6. The molecule has 0 bridgehead atoms. The Hall–Kier alpha value is -3.59. The molecular weight excluding hydrogens is 536 g/mol. The normalized spacial score (nSPS) is 17.2. The third kappa shape index (κ3) is 5.07. The number of para-hydroxylation sites is 1. The summed E-state index contributed by atoms with van der Waals surface area (Å²) in [6.45, 7) is 4.62. The van der Waals surface area contributed by atoms with E-state index >= 15 is 0 Å². The van der Waals surface area contributed by atoms with Crippen molar-refractivity contribution >= 4 is 39.0 Å². The Morgan fingerprint density at radius 3 is 2.44 bits per heavy atom. The molecule has 0 radical (unpaired) electrons. The number of fused-ring (bicyclic) bond motifs is 1. The molecule has 1 N–H and O–H groups in total. The van der Waals surface area contributed by atoms with Gasteiger partial charge in [0.25, 0.3) is 0 Å². The zero-order valence-corrected chi connectivity index (χ0v) is 23.4. The number of aromatic carboxylic acids is 1. The highest BCUT2D eigenvalue weighted by Gasteiger charge is 2.38.